The minimum atomic E-state index is -4.39. The van der Waals surface area contributed by atoms with Gasteiger partial charge in [0.15, 0.2) is 6.10 Å². The zero-order valence-corrected chi connectivity index (χ0v) is 40.5. The number of hydrogen-bond acceptors (Lipinski definition) is 8. The molecule has 0 aromatic rings. The Hall–Kier alpha value is -1.77. The number of phosphoric acid groups is 1. The van der Waals surface area contributed by atoms with E-state index in [1.807, 2.05) is 6.08 Å². The van der Waals surface area contributed by atoms with Crippen LogP contribution in [0, 0.1) is 0 Å². The predicted molar refractivity (Wildman–Crippen MR) is 257 cm³/mol. The van der Waals surface area contributed by atoms with Gasteiger partial charge < -0.3 is 20.1 Å². The van der Waals surface area contributed by atoms with E-state index in [4.69, 9.17) is 24.3 Å². The van der Waals surface area contributed by atoms with Crippen molar-refractivity contribution in [3.8, 4) is 0 Å². The van der Waals surface area contributed by atoms with Crippen LogP contribution in [0.3, 0.4) is 0 Å². The maximum atomic E-state index is 12.6. The molecular weight excluding hydrogens is 786 g/mol. The molecule has 0 amide bonds. The second kappa shape index (κ2) is 47.7. The summed E-state index contributed by atoms with van der Waals surface area (Å²) in [5.74, 6) is -0.879. The van der Waals surface area contributed by atoms with Crippen molar-refractivity contribution >= 4 is 19.8 Å². The van der Waals surface area contributed by atoms with Gasteiger partial charge in [-0.2, -0.15) is 0 Å². The highest BCUT2D eigenvalue weighted by atomic mass is 31.2. The SMILES string of the molecule is CCCCCCCC/C=C/C/C=C/C/C=C/CCCC(=O)O[C@@H](COC(=O)CCCCCCCCCCCCCCCCCCCCCCCCC)COP(=O)(O)OCCN. The van der Waals surface area contributed by atoms with E-state index in [9.17, 15) is 19.0 Å². The molecule has 0 saturated carbocycles. The smallest absolute Gasteiger partial charge is 0.462 e. The molecule has 358 valence electrons. The number of unbranched alkanes of at least 4 members (excludes halogenated alkanes) is 29. The van der Waals surface area contributed by atoms with Crippen molar-refractivity contribution in [3.63, 3.8) is 0 Å². The summed E-state index contributed by atoms with van der Waals surface area (Å²) in [6.45, 7) is 3.71. The molecule has 0 aliphatic heterocycles. The lowest BCUT2D eigenvalue weighted by Crippen LogP contribution is -2.29. The van der Waals surface area contributed by atoms with Crippen molar-refractivity contribution in [2.75, 3.05) is 26.4 Å². The summed E-state index contributed by atoms with van der Waals surface area (Å²) in [6.07, 6.45) is 54.9. The van der Waals surface area contributed by atoms with Crippen LogP contribution in [0.15, 0.2) is 36.5 Å². The fourth-order valence-electron chi connectivity index (χ4n) is 7.24. The molecule has 0 spiro atoms. The summed E-state index contributed by atoms with van der Waals surface area (Å²) in [4.78, 5) is 35.0. The molecule has 0 radical (unpaired) electrons. The molecular formula is C51H96NO8P. The molecule has 0 saturated heterocycles. The molecule has 3 N–H and O–H groups in total. The third-order valence-corrected chi connectivity index (χ3v) is 12.0. The summed E-state index contributed by atoms with van der Waals surface area (Å²) >= 11 is 0. The van der Waals surface area contributed by atoms with Crippen molar-refractivity contribution in [3.05, 3.63) is 36.5 Å². The number of phosphoric ester groups is 1. The predicted octanol–water partition coefficient (Wildman–Crippen LogP) is 15.3. The van der Waals surface area contributed by atoms with Gasteiger partial charge in [-0.3, -0.25) is 18.6 Å². The molecule has 1 unspecified atom stereocenters. The average molecular weight is 882 g/mol. The van der Waals surface area contributed by atoms with E-state index in [2.05, 4.69) is 44.2 Å². The Kier molecular flexibility index (Phi) is 46.3. The molecule has 10 heteroatoms. The van der Waals surface area contributed by atoms with Gasteiger partial charge in [-0.15, -0.1) is 0 Å². The maximum Gasteiger partial charge on any atom is 0.472 e. The molecule has 9 nitrogen and oxygen atoms in total. The van der Waals surface area contributed by atoms with Gasteiger partial charge in [0.25, 0.3) is 0 Å². The number of carbonyl (C=O) groups excluding carboxylic acids is 2. The Balaban J connectivity index is 4.06. The van der Waals surface area contributed by atoms with Crippen LogP contribution in [0.2, 0.25) is 0 Å². The largest absolute Gasteiger partial charge is 0.472 e. The van der Waals surface area contributed by atoms with Crippen LogP contribution in [-0.2, 0) is 32.7 Å². The lowest BCUT2D eigenvalue weighted by atomic mass is 10.0. The molecule has 0 heterocycles. The lowest BCUT2D eigenvalue weighted by Gasteiger charge is -2.19. The Morgan fingerprint density at radius 3 is 1.31 bits per heavy atom. The highest BCUT2D eigenvalue weighted by molar-refractivity contribution is 7.47. The third-order valence-electron chi connectivity index (χ3n) is 11.0. The zero-order chi connectivity index (χ0) is 44.6. The second-order valence-corrected chi connectivity index (χ2v) is 18.5. The number of nitrogens with two attached hydrogens (primary N) is 1. The fourth-order valence-corrected chi connectivity index (χ4v) is 8.01. The standard InChI is InChI=1S/C51H96NO8P/c1-3-5-7-9-11-13-15-17-19-21-22-23-24-25-26-28-29-31-33-35-37-39-41-43-50(53)57-47-49(48-59-61(55,56)58-46-45-52)60-51(54)44-42-40-38-36-34-32-30-27-20-18-16-14-12-10-8-6-4-2/h18,20,30,32,36,38,49H,3-17,19,21-29,31,33-35,37,39-48,52H2,1-2H3,(H,55,56)/b20-18+,32-30+,38-36+/t49-/m0/s1. The normalized spacial score (nSPS) is 13.4. The molecule has 2 atom stereocenters. The molecule has 0 fully saturated rings. The molecule has 0 aliphatic rings. The van der Waals surface area contributed by atoms with Crippen LogP contribution in [-0.4, -0.2) is 49.3 Å². The zero-order valence-electron chi connectivity index (χ0n) is 39.7. The van der Waals surface area contributed by atoms with Crippen molar-refractivity contribution in [1.29, 1.82) is 0 Å². The van der Waals surface area contributed by atoms with Crippen LogP contribution in [0.25, 0.3) is 0 Å². The Morgan fingerprint density at radius 1 is 0.492 bits per heavy atom. The van der Waals surface area contributed by atoms with E-state index >= 15 is 0 Å². The van der Waals surface area contributed by atoms with Crippen molar-refractivity contribution in [1.82, 2.24) is 0 Å². The van der Waals surface area contributed by atoms with E-state index in [1.54, 1.807) is 0 Å². The van der Waals surface area contributed by atoms with Gasteiger partial charge in [-0.25, -0.2) is 4.57 Å². The van der Waals surface area contributed by atoms with Crippen LogP contribution in [0.5, 0.6) is 0 Å². The van der Waals surface area contributed by atoms with E-state index in [-0.39, 0.29) is 38.6 Å². The number of rotatable bonds is 48. The van der Waals surface area contributed by atoms with E-state index in [0.717, 1.165) is 44.9 Å². The molecule has 0 aromatic heterocycles. The minimum absolute atomic E-state index is 0.0466. The summed E-state index contributed by atoms with van der Waals surface area (Å²) in [7, 11) is -4.39. The number of esters is 2. The van der Waals surface area contributed by atoms with Gasteiger partial charge in [-0.05, 0) is 44.9 Å². The Bertz CT molecular complexity index is 1100. The van der Waals surface area contributed by atoms with Crippen molar-refractivity contribution in [2.24, 2.45) is 5.73 Å². The number of carbonyl (C=O) groups is 2. The van der Waals surface area contributed by atoms with Crippen LogP contribution in [0.4, 0.5) is 0 Å². The molecule has 0 bridgehead atoms. The Labute approximate surface area is 375 Å². The average Bonchev–Trinajstić information content (AvgIpc) is 3.25. The van der Waals surface area contributed by atoms with E-state index < -0.39 is 26.5 Å². The van der Waals surface area contributed by atoms with Crippen molar-refractivity contribution in [2.45, 2.75) is 251 Å². The first-order valence-corrected chi connectivity index (χ1v) is 27.0. The fraction of sp³-hybridized carbons (Fsp3) is 0.843. The first kappa shape index (κ1) is 59.2. The highest BCUT2D eigenvalue weighted by Gasteiger charge is 2.26. The van der Waals surface area contributed by atoms with Crippen LogP contribution >= 0.6 is 7.82 Å². The lowest BCUT2D eigenvalue weighted by molar-refractivity contribution is -0.161. The van der Waals surface area contributed by atoms with Gasteiger partial charge in [0.05, 0.1) is 13.2 Å². The first-order valence-electron chi connectivity index (χ1n) is 25.5. The Morgan fingerprint density at radius 2 is 0.869 bits per heavy atom. The molecule has 61 heavy (non-hydrogen) atoms. The van der Waals surface area contributed by atoms with Gasteiger partial charge >= 0.3 is 19.8 Å². The molecule has 0 aliphatic carbocycles. The van der Waals surface area contributed by atoms with Gasteiger partial charge in [0.1, 0.15) is 6.61 Å². The molecule has 0 aromatic carbocycles. The van der Waals surface area contributed by atoms with Crippen molar-refractivity contribution < 1.29 is 37.6 Å². The first-order chi connectivity index (χ1) is 29.8. The third kappa shape index (κ3) is 47.5. The topological polar surface area (TPSA) is 134 Å². The molecule has 0 rings (SSSR count). The van der Waals surface area contributed by atoms with Gasteiger partial charge in [-0.1, -0.05) is 224 Å². The summed E-state index contributed by atoms with van der Waals surface area (Å²) < 4.78 is 32.8. The van der Waals surface area contributed by atoms with E-state index in [0.29, 0.717) is 6.42 Å². The monoisotopic (exact) mass is 882 g/mol. The van der Waals surface area contributed by atoms with Gasteiger partial charge in [0.2, 0.25) is 0 Å². The second-order valence-electron chi connectivity index (χ2n) is 17.0. The minimum Gasteiger partial charge on any atom is -0.462 e. The van der Waals surface area contributed by atoms with Gasteiger partial charge in [0, 0.05) is 19.4 Å². The van der Waals surface area contributed by atoms with Crippen LogP contribution in [0.1, 0.15) is 245 Å². The number of hydrogen-bond donors (Lipinski definition) is 2. The van der Waals surface area contributed by atoms with E-state index in [1.165, 1.54) is 167 Å². The summed E-state index contributed by atoms with van der Waals surface area (Å²) in [5, 5.41) is 0. The summed E-state index contributed by atoms with van der Waals surface area (Å²) in [6, 6.07) is 0. The maximum absolute atomic E-state index is 12.6. The number of ether oxygens (including phenoxy) is 2. The highest BCUT2D eigenvalue weighted by Crippen LogP contribution is 2.43. The number of allylic oxidation sites excluding steroid dienone is 6. The van der Waals surface area contributed by atoms with Crippen LogP contribution < -0.4 is 5.73 Å². The summed E-state index contributed by atoms with van der Waals surface area (Å²) in [5.41, 5.74) is 5.36. The quantitative estimate of drug-likeness (QED) is 0.0265.